The SMILES string of the molecule is [2H]C([2H])([2H])c1n(-c2ccccc2)cc(N2C=c3oc4nc(C)ccc4c3=CB2C)[n+]1C. The van der Waals surface area contributed by atoms with E-state index in [-0.39, 0.29) is 12.7 Å². The molecule has 0 amide bonds. The molecule has 6 heteroatoms. The monoisotopic (exact) mass is 372 g/mol. The van der Waals surface area contributed by atoms with Gasteiger partial charge in [-0.05, 0) is 38.0 Å². The average Bonchev–Trinajstić information content (AvgIpc) is 3.24. The van der Waals surface area contributed by atoms with Gasteiger partial charge in [-0.1, -0.05) is 24.2 Å². The van der Waals surface area contributed by atoms with Crippen LogP contribution in [0.2, 0.25) is 6.82 Å². The van der Waals surface area contributed by atoms with Crippen LogP contribution in [0.15, 0.2) is 53.1 Å². The lowest BCUT2D eigenvalue weighted by molar-refractivity contribution is -0.663. The second-order valence-electron chi connectivity index (χ2n) is 7.20. The number of nitrogens with zero attached hydrogens (tertiary/aromatic N) is 4. The van der Waals surface area contributed by atoms with Crippen LogP contribution in [0.3, 0.4) is 0 Å². The van der Waals surface area contributed by atoms with Gasteiger partial charge in [-0.15, -0.1) is 0 Å². The first-order valence-corrected chi connectivity index (χ1v) is 9.29. The summed E-state index contributed by atoms with van der Waals surface area (Å²) in [5.41, 5.74) is 3.03. The molecular formula is C22H22BN4O+. The molecule has 0 radical (unpaired) electrons. The first kappa shape index (κ1) is 13.8. The Labute approximate surface area is 168 Å². The highest BCUT2D eigenvalue weighted by molar-refractivity contribution is 6.77. The first-order valence-electron chi connectivity index (χ1n) is 10.8. The fourth-order valence-electron chi connectivity index (χ4n) is 3.77. The van der Waals surface area contributed by atoms with Crippen LogP contribution < -0.4 is 20.0 Å². The predicted octanol–water partition coefficient (Wildman–Crippen LogP) is 2.26. The number of benzene rings is 1. The first-order chi connectivity index (χ1) is 14.7. The Bertz CT molecular complexity index is 1420. The minimum absolute atomic E-state index is 0.00289. The Balaban J connectivity index is 1.72. The summed E-state index contributed by atoms with van der Waals surface area (Å²) >= 11 is 0. The highest BCUT2D eigenvalue weighted by Crippen LogP contribution is 2.19. The van der Waals surface area contributed by atoms with Gasteiger partial charge in [0.1, 0.15) is 11.9 Å². The quantitative estimate of drug-likeness (QED) is 0.400. The molecule has 1 aliphatic heterocycles. The third kappa shape index (κ3) is 2.48. The molecule has 0 fully saturated rings. The van der Waals surface area contributed by atoms with Gasteiger partial charge in [0, 0.05) is 27.3 Å². The normalized spacial score (nSPS) is 15.5. The molecular weight excluding hydrogens is 347 g/mol. The molecule has 138 valence electrons. The molecule has 0 unspecified atom stereocenters. The van der Waals surface area contributed by atoms with Gasteiger partial charge in [-0.25, -0.2) is 14.1 Å². The van der Waals surface area contributed by atoms with Crippen molar-refractivity contribution in [3.63, 3.8) is 0 Å². The topological polar surface area (TPSA) is 38.1 Å². The van der Waals surface area contributed by atoms with Crippen molar-refractivity contribution in [3.05, 3.63) is 70.8 Å². The largest absolute Gasteiger partial charge is 0.435 e. The van der Waals surface area contributed by atoms with Crippen molar-refractivity contribution >= 4 is 35.9 Å². The molecule has 1 aromatic carbocycles. The molecule has 5 nitrogen and oxygen atoms in total. The standard InChI is InChI=1S/C22H22BN4O/c1-15-10-11-18-19-12-23(3)27(13-20(19)28-22(18)24-15)21-14-26(16(2)25(21)4)17-8-6-5-7-9-17/h5-14H,1-4H3/q+1/i2D3. The number of fused-ring (bicyclic) bond motifs is 3. The maximum absolute atomic E-state index is 8.12. The molecule has 5 rings (SSSR count). The molecule has 0 saturated carbocycles. The number of anilines is 1. The summed E-state index contributed by atoms with van der Waals surface area (Å²) in [6.45, 7) is 1.73. The molecule has 4 heterocycles. The van der Waals surface area contributed by atoms with Crippen LogP contribution in [-0.4, -0.2) is 16.4 Å². The van der Waals surface area contributed by atoms with Gasteiger partial charge in [-0.2, -0.15) is 0 Å². The Morgan fingerprint density at radius 2 is 2.00 bits per heavy atom. The molecule has 0 aliphatic carbocycles. The van der Waals surface area contributed by atoms with E-state index in [1.54, 1.807) is 16.2 Å². The van der Waals surface area contributed by atoms with Crippen LogP contribution in [0.1, 0.15) is 15.6 Å². The summed E-state index contributed by atoms with van der Waals surface area (Å²) < 4.78 is 33.9. The van der Waals surface area contributed by atoms with E-state index in [0.717, 1.165) is 27.8 Å². The summed E-state index contributed by atoms with van der Waals surface area (Å²) in [4.78, 5) is 6.54. The minimum Gasteiger partial charge on any atom is -0.435 e. The zero-order valence-electron chi connectivity index (χ0n) is 19.0. The Kier molecular flexibility index (Phi) is 3.02. The van der Waals surface area contributed by atoms with Crippen molar-refractivity contribution in [2.45, 2.75) is 20.6 Å². The van der Waals surface area contributed by atoms with E-state index < -0.39 is 6.85 Å². The van der Waals surface area contributed by atoms with Crippen LogP contribution in [0.5, 0.6) is 0 Å². The third-order valence-electron chi connectivity index (χ3n) is 5.30. The lowest BCUT2D eigenvalue weighted by Gasteiger charge is -2.18. The smallest absolute Gasteiger partial charge is 0.363 e. The number of aromatic nitrogens is 3. The summed E-state index contributed by atoms with van der Waals surface area (Å²) in [5, 5.41) is 2.00. The molecule has 0 N–H and O–H groups in total. The number of pyridine rings is 1. The van der Waals surface area contributed by atoms with Crippen molar-refractivity contribution in [3.8, 4) is 5.69 Å². The maximum Gasteiger partial charge on any atom is 0.363 e. The fraction of sp³-hybridized carbons (Fsp3) is 0.182. The van der Waals surface area contributed by atoms with E-state index >= 15 is 0 Å². The number of hydrogen-bond donors (Lipinski definition) is 0. The van der Waals surface area contributed by atoms with Crippen LogP contribution in [0.25, 0.3) is 29.0 Å². The Morgan fingerprint density at radius 3 is 2.79 bits per heavy atom. The van der Waals surface area contributed by atoms with E-state index in [9.17, 15) is 0 Å². The highest BCUT2D eigenvalue weighted by atomic mass is 16.3. The zero-order valence-corrected chi connectivity index (χ0v) is 16.0. The molecule has 0 spiro atoms. The summed E-state index contributed by atoms with van der Waals surface area (Å²) in [7, 11) is 1.79. The van der Waals surface area contributed by atoms with Crippen molar-refractivity contribution in [2.75, 3.05) is 4.81 Å². The zero-order chi connectivity index (χ0) is 21.9. The number of imidazole rings is 1. The number of hydrogen-bond acceptors (Lipinski definition) is 3. The molecule has 0 saturated heterocycles. The lowest BCUT2D eigenvalue weighted by atomic mass is 9.61. The molecule has 0 bridgehead atoms. The third-order valence-corrected chi connectivity index (χ3v) is 5.30. The summed E-state index contributed by atoms with van der Waals surface area (Å²) in [6.07, 6.45) is 3.80. The summed E-state index contributed by atoms with van der Waals surface area (Å²) in [5.74, 6) is 3.13. The second-order valence-corrected chi connectivity index (χ2v) is 7.20. The molecule has 28 heavy (non-hydrogen) atoms. The van der Waals surface area contributed by atoms with E-state index in [4.69, 9.17) is 8.53 Å². The number of para-hydroxylation sites is 1. The van der Waals surface area contributed by atoms with Crippen molar-refractivity contribution in [1.82, 2.24) is 9.55 Å². The number of furan rings is 1. The summed E-state index contributed by atoms with van der Waals surface area (Å²) in [6, 6.07) is 13.5. The van der Waals surface area contributed by atoms with Crippen LogP contribution >= 0.6 is 0 Å². The van der Waals surface area contributed by atoms with Crippen molar-refractivity contribution in [1.29, 1.82) is 0 Å². The van der Waals surface area contributed by atoms with Gasteiger partial charge in [0.05, 0.1) is 13.2 Å². The fourth-order valence-corrected chi connectivity index (χ4v) is 3.77. The van der Waals surface area contributed by atoms with E-state index in [2.05, 4.69) is 17.8 Å². The highest BCUT2D eigenvalue weighted by Gasteiger charge is 2.30. The maximum atomic E-state index is 8.12. The molecule has 1 aliphatic rings. The number of rotatable bonds is 2. The predicted molar refractivity (Wildman–Crippen MR) is 113 cm³/mol. The Morgan fingerprint density at radius 1 is 1.18 bits per heavy atom. The van der Waals surface area contributed by atoms with E-state index in [0.29, 0.717) is 11.1 Å². The Hall–Kier alpha value is -3.28. The van der Waals surface area contributed by atoms with Crippen molar-refractivity contribution < 1.29 is 13.1 Å². The minimum atomic E-state index is -2.28. The van der Waals surface area contributed by atoms with Crippen LogP contribution in [-0.2, 0) is 7.05 Å². The van der Waals surface area contributed by atoms with Crippen molar-refractivity contribution in [2.24, 2.45) is 7.05 Å². The van der Waals surface area contributed by atoms with Gasteiger partial charge in [0.2, 0.25) is 17.4 Å². The van der Waals surface area contributed by atoms with E-state index in [1.807, 2.05) is 66.6 Å². The van der Waals surface area contributed by atoms with Crippen LogP contribution in [0, 0.1) is 13.8 Å². The molecule has 4 aromatic rings. The lowest BCUT2D eigenvalue weighted by Crippen LogP contribution is -2.47. The van der Waals surface area contributed by atoms with Gasteiger partial charge in [-0.3, -0.25) is 0 Å². The molecule has 0 atom stereocenters. The van der Waals surface area contributed by atoms with Gasteiger partial charge < -0.3 is 9.23 Å². The second kappa shape index (κ2) is 6.13. The number of aryl methyl sites for hydroxylation is 1. The van der Waals surface area contributed by atoms with Gasteiger partial charge in [0.25, 0.3) is 0 Å². The van der Waals surface area contributed by atoms with Gasteiger partial charge >= 0.3 is 6.85 Å². The van der Waals surface area contributed by atoms with Crippen LogP contribution in [0.4, 0.5) is 5.82 Å². The molecule has 3 aromatic heterocycles. The van der Waals surface area contributed by atoms with E-state index in [1.165, 1.54) is 0 Å². The average molecular weight is 372 g/mol. The van der Waals surface area contributed by atoms with Gasteiger partial charge in [0.15, 0.2) is 5.42 Å².